The first-order valence-corrected chi connectivity index (χ1v) is 7.17. The van der Waals surface area contributed by atoms with Crippen LogP contribution in [0.2, 0.25) is 0 Å². The maximum absolute atomic E-state index is 9.86. The van der Waals surface area contributed by atoms with Crippen LogP contribution in [-0.4, -0.2) is 17.2 Å². The summed E-state index contributed by atoms with van der Waals surface area (Å²) < 4.78 is 5.21. The average Bonchev–Trinajstić information content (AvgIpc) is 2.56. The molecule has 4 heteroatoms. The third kappa shape index (κ3) is 3.18. The van der Waals surface area contributed by atoms with Crippen LogP contribution < -0.4 is 10.1 Å². The van der Waals surface area contributed by atoms with E-state index in [9.17, 15) is 5.11 Å². The summed E-state index contributed by atoms with van der Waals surface area (Å²) in [6, 6.07) is 17.3. The molecule has 0 amide bonds. The van der Waals surface area contributed by atoms with Crippen molar-refractivity contribution in [3.8, 4) is 11.5 Å². The lowest BCUT2D eigenvalue weighted by Gasteiger charge is -2.07. The average molecular weight is 294 g/mol. The topological polar surface area (TPSA) is 54.4 Å². The molecule has 1 heterocycles. The molecule has 0 saturated heterocycles. The highest BCUT2D eigenvalue weighted by molar-refractivity contribution is 5.84. The highest BCUT2D eigenvalue weighted by atomic mass is 16.5. The first-order valence-electron chi connectivity index (χ1n) is 7.17. The molecule has 4 nitrogen and oxygen atoms in total. The van der Waals surface area contributed by atoms with Crippen molar-refractivity contribution in [2.45, 2.75) is 13.1 Å². The molecule has 0 radical (unpaired) electrons. The van der Waals surface area contributed by atoms with Crippen LogP contribution in [0.4, 0.5) is 0 Å². The van der Waals surface area contributed by atoms with Gasteiger partial charge in [-0.2, -0.15) is 0 Å². The van der Waals surface area contributed by atoms with Gasteiger partial charge in [-0.05, 0) is 29.8 Å². The van der Waals surface area contributed by atoms with Gasteiger partial charge < -0.3 is 15.2 Å². The molecular formula is C18H18N2O2. The summed E-state index contributed by atoms with van der Waals surface area (Å²) >= 11 is 0. The second-order valence-corrected chi connectivity index (χ2v) is 5.11. The lowest BCUT2D eigenvalue weighted by atomic mass is 10.2. The van der Waals surface area contributed by atoms with Crippen molar-refractivity contribution in [2.75, 3.05) is 7.11 Å². The summed E-state index contributed by atoms with van der Waals surface area (Å²) in [6.07, 6.45) is 0. The minimum absolute atomic E-state index is 0.215. The monoisotopic (exact) mass is 294 g/mol. The van der Waals surface area contributed by atoms with E-state index in [2.05, 4.69) is 16.4 Å². The van der Waals surface area contributed by atoms with Crippen LogP contribution in [0.5, 0.6) is 11.5 Å². The number of nitrogens with one attached hydrogen (secondary N) is 1. The van der Waals surface area contributed by atoms with Crippen molar-refractivity contribution in [1.29, 1.82) is 0 Å². The van der Waals surface area contributed by atoms with Crippen molar-refractivity contribution in [1.82, 2.24) is 10.3 Å². The molecule has 3 rings (SSSR count). The molecule has 0 aliphatic rings. The van der Waals surface area contributed by atoms with E-state index in [4.69, 9.17) is 4.74 Å². The van der Waals surface area contributed by atoms with E-state index in [1.807, 2.05) is 42.5 Å². The van der Waals surface area contributed by atoms with E-state index in [1.165, 1.54) is 0 Å². The summed E-state index contributed by atoms with van der Waals surface area (Å²) in [5, 5.41) is 14.2. The minimum atomic E-state index is 0.215. The van der Waals surface area contributed by atoms with Gasteiger partial charge in [0.2, 0.25) is 0 Å². The summed E-state index contributed by atoms with van der Waals surface area (Å²) in [5.74, 6) is 1.07. The van der Waals surface area contributed by atoms with E-state index in [-0.39, 0.29) is 5.75 Å². The molecule has 0 aliphatic heterocycles. The quantitative estimate of drug-likeness (QED) is 0.758. The molecule has 3 aromatic rings. The van der Waals surface area contributed by atoms with Gasteiger partial charge in [-0.15, -0.1) is 0 Å². The molecule has 2 aromatic carbocycles. The van der Waals surface area contributed by atoms with Gasteiger partial charge in [0.1, 0.15) is 17.0 Å². The zero-order valence-corrected chi connectivity index (χ0v) is 12.4. The maximum atomic E-state index is 9.86. The molecule has 0 bridgehead atoms. The molecule has 2 N–H and O–H groups in total. The number of ether oxygens (including phenoxy) is 1. The fourth-order valence-corrected chi connectivity index (χ4v) is 2.39. The van der Waals surface area contributed by atoms with Crippen molar-refractivity contribution < 1.29 is 9.84 Å². The van der Waals surface area contributed by atoms with Crippen molar-refractivity contribution in [3.63, 3.8) is 0 Å². The Morgan fingerprint density at radius 3 is 2.77 bits per heavy atom. The number of hydrogen-bond acceptors (Lipinski definition) is 4. The fraction of sp³-hybridized carbons (Fsp3) is 0.167. The van der Waals surface area contributed by atoms with Gasteiger partial charge in [-0.25, -0.2) is 4.98 Å². The summed E-state index contributed by atoms with van der Waals surface area (Å²) in [7, 11) is 1.66. The molecular weight excluding hydrogens is 276 g/mol. The van der Waals surface area contributed by atoms with Gasteiger partial charge >= 0.3 is 0 Å². The second-order valence-electron chi connectivity index (χ2n) is 5.11. The Morgan fingerprint density at radius 2 is 1.91 bits per heavy atom. The standard InChI is InChI=1S/C18H18N2O2/c1-22-16-6-2-4-13(10-16)11-19-12-15-9-8-14-5-3-7-17(21)18(14)20-15/h2-10,19,21H,11-12H2,1H3. The van der Waals surface area contributed by atoms with Crippen molar-refractivity contribution in [3.05, 3.63) is 65.9 Å². The third-order valence-electron chi connectivity index (χ3n) is 3.53. The molecule has 0 fully saturated rings. The lowest BCUT2D eigenvalue weighted by Crippen LogP contribution is -2.13. The number of aromatic nitrogens is 1. The van der Waals surface area contributed by atoms with Crippen molar-refractivity contribution in [2.24, 2.45) is 0 Å². The third-order valence-corrected chi connectivity index (χ3v) is 3.53. The normalized spacial score (nSPS) is 10.8. The zero-order chi connectivity index (χ0) is 15.4. The summed E-state index contributed by atoms with van der Waals surface area (Å²) in [5.41, 5.74) is 2.70. The number of methoxy groups -OCH3 is 1. The molecule has 0 atom stereocenters. The van der Waals surface area contributed by atoms with Crippen LogP contribution in [0.3, 0.4) is 0 Å². The predicted molar refractivity (Wildman–Crippen MR) is 86.9 cm³/mol. The Labute approximate surface area is 129 Å². The van der Waals surface area contributed by atoms with Crippen LogP contribution in [0.1, 0.15) is 11.3 Å². The number of para-hydroxylation sites is 1. The van der Waals surface area contributed by atoms with Gasteiger partial charge in [-0.3, -0.25) is 0 Å². The molecule has 0 spiro atoms. The first kappa shape index (κ1) is 14.4. The highest BCUT2D eigenvalue weighted by Gasteiger charge is 2.03. The molecule has 1 aromatic heterocycles. The lowest BCUT2D eigenvalue weighted by molar-refractivity contribution is 0.414. The van der Waals surface area contributed by atoms with E-state index in [0.717, 1.165) is 28.9 Å². The first-order chi connectivity index (χ1) is 10.8. The van der Waals surface area contributed by atoms with Gasteiger partial charge in [-0.1, -0.05) is 30.3 Å². The number of phenolic OH excluding ortho intramolecular Hbond substituents is 1. The molecule has 0 saturated carbocycles. The van der Waals surface area contributed by atoms with Crippen LogP contribution in [0.15, 0.2) is 54.6 Å². The highest BCUT2D eigenvalue weighted by Crippen LogP contribution is 2.22. The van der Waals surface area contributed by atoms with E-state index >= 15 is 0 Å². The summed E-state index contributed by atoms with van der Waals surface area (Å²) in [6.45, 7) is 1.37. The zero-order valence-electron chi connectivity index (χ0n) is 12.4. The smallest absolute Gasteiger partial charge is 0.141 e. The van der Waals surface area contributed by atoms with Crippen LogP contribution in [0, 0.1) is 0 Å². The Morgan fingerprint density at radius 1 is 1.05 bits per heavy atom. The number of rotatable bonds is 5. The molecule has 112 valence electrons. The number of hydrogen-bond donors (Lipinski definition) is 2. The van der Waals surface area contributed by atoms with Crippen LogP contribution in [0.25, 0.3) is 10.9 Å². The second kappa shape index (κ2) is 6.45. The van der Waals surface area contributed by atoms with Crippen LogP contribution in [-0.2, 0) is 13.1 Å². The number of phenols is 1. The number of nitrogens with zero attached hydrogens (tertiary/aromatic N) is 1. The molecule has 22 heavy (non-hydrogen) atoms. The Bertz CT molecular complexity index is 787. The fourth-order valence-electron chi connectivity index (χ4n) is 2.39. The van der Waals surface area contributed by atoms with E-state index in [1.54, 1.807) is 13.2 Å². The minimum Gasteiger partial charge on any atom is -0.506 e. The number of benzene rings is 2. The number of pyridine rings is 1. The van der Waals surface area contributed by atoms with Gasteiger partial charge in [0.15, 0.2) is 0 Å². The van der Waals surface area contributed by atoms with E-state index < -0.39 is 0 Å². The maximum Gasteiger partial charge on any atom is 0.141 e. The largest absolute Gasteiger partial charge is 0.506 e. The molecule has 0 aliphatic carbocycles. The van der Waals surface area contributed by atoms with Crippen LogP contribution >= 0.6 is 0 Å². The number of fused-ring (bicyclic) bond motifs is 1. The number of aromatic hydroxyl groups is 1. The van der Waals surface area contributed by atoms with Crippen molar-refractivity contribution >= 4 is 10.9 Å². The predicted octanol–water partition coefficient (Wildman–Crippen LogP) is 3.24. The van der Waals surface area contributed by atoms with Gasteiger partial charge in [0.05, 0.1) is 12.8 Å². The van der Waals surface area contributed by atoms with E-state index in [0.29, 0.717) is 12.1 Å². The van der Waals surface area contributed by atoms with Gasteiger partial charge in [0, 0.05) is 18.5 Å². The Hall–Kier alpha value is -2.59. The van der Waals surface area contributed by atoms with Gasteiger partial charge in [0.25, 0.3) is 0 Å². The SMILES string of the molecule is COc1cccc(CNCc2ccc3cccc(O)c3n2)c1. The summed E-state index contributed by atoms with van der Waals surface area (Å²) in [4.78, 5) is 4.50. The molecule has 0 unspecified atom stereocenters. The Balaban J connectivity index is 1.67. The Kier molecular flexibility index (Phi) is 4.21.